The van der Waals surface area contributed by atoms with Crippen LogP contribution < -0.4 is 4.90 Å². The first-order valence-electron chi connectivity index (χ1n) is 7.55. The van der Waals surface area contributed by atoms with E-state index in [4.69, 9.17) is 5.26 Å². The van der Waals surface area contributed by atoms with Gasteiger partial charge in [0.25, 0.3) is 0 Å². The molecular formula is C18H20N2O2. The van der Waals surface area contributed by atoms with Gasteiger partial charge in [0.05, 0.1) is 6.07 Å². The predicted octanol–water partition coefficient (Wildman–Crippen LogP) is 4.21. The van der Waals surface area contributed by atoms with Crippen LogP contribution in [-0.2, 0) is 6.42 Å². The number of anilines is 1. The second kappa shape index (κ2) is 4.61. The van der Waals surface area contributed by atoms with Crippen LogP contribution in [0.3, 0.4) is 0 Å². The molecule has 1 aromatic rings. The molecule has 0 heterocycles. The maximum atomic E-state index is 11.6. The van der Waals surface area contributed by atoms with Gasteiger partial charge < -0.3 is 5.11 Å². The standard InChI is InChI=1S/C18H20N2O2/c1-17(2,3)20(16(21)22)13-4-5-14-12(10-13)11-18(7-8-18)15(14)6-9-19/h4-6,10H,7-8,11H2,1-3H3,(H,21,22)/b15-6-. The van der Waals surface area contributed by atoms with Crippen LogP contribution in [-0.4, -0.2) is 16.7 Å². The number of rotatable bonds is 1. The molecule has 0 atom stereocenters. The minimum Gasteiger partial charge on any atom is -0.465 e. The smallest absolute Gasteiger partial charge is 0.412 e. The number of benzene rings is 1. The van der Waals surface area contributed by atoms with Crippen LogP contribution in [0.15, 0.2) is 24.3 Å². The van der Waals surface area contributed by atoms with Crippen molar-refractivity contribution >= 4 is 17.4 Å². The monoisotopic (exact) mass is 296 g/mol. The molecule has 114 valence electrons. The molecule has 1 amide bonds. The number of nitrogens with zero attached hydrogens (tertiary/aromatic N) is 2. The van der Waals surface area contributed by atoms with E-state index in [-0.39, 0.29) is 5.41 Å². The maximum Gasteiger partial charge on any atom is 0.412 e. The molecule has 1 N–H and O–H groups in total. The predicted molar refractivity (Wildman–Crippen MR) is 85.7 cm³/mol. The summed E-state index contributed by atoms with van der Waals surface area (Å²) in [5, 5.41) is 18.6. The summed E-state index contributed by atoms with van der Waals surface area (Å²) in [6.45, 7) is 5.66. The summed E-state index contributed by atoms with van der Waals surface area (Å²) in [5.74, 6) is 0. The van der Waals surface area contributed by atoms with Crippen molar-refractivity contribution in [1.82, 2.24) is 0 Å². The van der Waals surface area contributed by atoms with Gasteiger partial charge in [0.15, 0.2) is 0 Å². The fourth-order valence-corrected chi connectivity index (χ4v) is 3.55. The summed E-state index contributed by atoms with van der Waals surface area (Å²) < 4.78 is 0. The van der Waals surface area contributed by atoms with Crippen LogP contribution in [0, 0.1) is 16.7 Å². The van der Waals surface area contributed by atoms with Crippen LogP contribution in [0.4, 0.5) is 10.5 Å². The molecule has 22 heavy (non-hydrogen) atoms. The highest BCUT2D eigenvalue weighted by Gasteiger charge is 2.51. The van der Waals surface area contributed by atoms with Gasteiger partial charge in [-0.1, -0.05) is 6.07 Å². The third-order valence-electron chi connectivity index (χ3n) is 4.66. The lowest BCUT2D eigenvalue weighted by atomic mass is 9.97. The van der Waals surface area contributed by atoms with Crippen molar-refractivity contribution in [1.29, 1.82) is 5.26 Å². The summed E-state index contributed by atoms with van der Waals surface area (Å²) in [7, 11) is 0. The van der Waals surface area contributed by atoms with E-state index in [9.17, 15) is 9.90 Å². The van der Waals surface area contributed by atoms with Crippen LogP contribution in [0.25, 0.3) is 5.57 Å². The van der Waals surface area contributed by atoms with Crippen LogP contribution in [0.2, 0.25) is 0 Å². The van der Waals surface area contributed by atoms with E-state index in [1.165, 1.54) is 4.90 Å². The second-order valence-corrected chi connectivity index (χ2v) is 7.27. The maximum absolute atomic E-state index is 11.6. The Kier molecular flexibility index (Phi) is 3.07. The van der Waals surface area contributed by atoms with Gasteiger partial charge in [-0.25, -0.2) is 4.79 Å². The number of carboxylic acid groups (broad SMARTS) is 1. The van der Waals surface area contributed by atoms with Gasteiger partial charge in [0.2, 0.25) is 0 Å². The third-order valence-corrected chi connectivity index (χ3v) is 4.66. The number of allylic oxidation sites excluding steroid dienone is 2. The molecule has 0 unspecified atom stereocenters. The van der Waals surface area contributed by atoms with Gasteiger partial charge in [-0.15, -0.1) is 0 Å². The highest BCUT2D eigenvalue weighted by molar-refractivity contribution is 5.89. The van der Waals surface area contributed by atoms with Gasteiger partial charge in [-0.3, -0.25) is 4.90 Å². The molecule has 1 aromatic carbocycles. The Bertz CT molecular complexity index is 716. The van der Waals surface area contributed by atoms with E-state index in [1.807, 2.05) is 39.0 Å². The van der Waals surface area contributed by atoms with Crippen molar-refractivity contribution in [3.8, 4) is 6.07 Å². The molecule has 1 spiro atoms. The lowest BCUT2D eigenvalue weighted by molar-refractivity contribution is 0.195. The summed E-state index contributed by atoms with van der Waals surface area (Å²) in [6, 6.07) is 7.97. The lowest BCUT2D eigenvalue weighted by Gasteiger charge is -2.33. The Morgan fingerprint density at radius 2 is 2.09 bits per heavy atom. The highest BCUT2D eigenvalue weighted by Crippen LogP contribution is 2.62. The van der Waals surface area contributed by atoms with E-state index in [1.54, 1.807) is 6.08 Å². The van der Waals surface area contributed by atoms with Crippen LogP contribution in [0.5, 0.6) is 0 Å². The SMILES string of the molecule is CC(C)(C)N(C(=O)O)c1ccc2c(c1)CC1(CC1)/C2=C\C#N. The molecule has 0 bridgehead atoms. The van der Waals surface area contributed by atoms with Gasteiger partial charge >= 0.3 is 6.09 Å². The molecule has 0 radical (unpaired) electrons. The Hall–Kier alpha value is -2.28. The fraction of sp³-hybridized carbons (Fsp3) is 0.444. The summed E-state index contributed by atoms with van der Waals surface area (Å²) in [5.41, 5.74) is 3.75. The molecule has 3 rings (SSSR count). The normalized spacial score (nSPS) is 19.8. The number of hydrogen-bond donors (Lipinski definition) is 1. The number of fused-ring (bicyclic) bond motifs is 1. The zero-order valence-corrected chi connectivity index (χ0v) is 13.2. The molecule has 0 aromatic heterocycles. The minimum atomic E-state index is -0.945. The first-order chi connectivity index (χ1) is 10.3. The van der Waals surface area contributed by atoms with E-state index in [0.29, 0.717) is 5.69 Å². The quantitative estimate of drug-likeness (QED) is 0.789. The third kappa shape index (κ3) is 2.18. The van der Waals surface area contributed by atoms with E-state index < -0.39 is 11.6 Å². The number of hydrogen-bond acceptors (Lipinski definition) is 2. The van der Waals surface area contributed by atoms with Gasteiger partial charge in [-0.05, 0) is 68.9 Å². The topological polar surface area (TPSA) is 64.3 Å². The Balaban J connectivity index is 2.06. The van der Waals surface area contributed by atoms with E-state index >= 15 is 0 Å². The Morgan fingerprint density at radius 3 is 2.59 bits per heavy atom. The van der Waals surface area contributed by atoms with Gasteiger partial charge in [0.1, 0.15) is 0 Å². The number of amides is 1. The summed E-state index contributed by atoms with van der Waals surface area (Å²) in [6.07, 6.45) is 3.87. The fourth-order valence-electron chi connectivity index (χ4n) is 3.55. The summed E-state index contributed by atoms with van der Waals surface area (Å²) in [4.78, 5) is 13.0. The molecule has 0 aliphatic heterocycles. The lowest BCUT2D eigenvalue weighted by Crippen LogP contribution is -2.45. The van der Waals surface area contributed by atoms with Crippen molar-refractivity contribution in [3.05, 3.63) is 35.4 Å². The number of carbonyl (C=O) groups is 1. The molecule has 4 heteroatoms. The van der Waals surface area contributed by atoms with E-state index in [0.717, 1.165) is 36.0 Å². The molecule has 0 saturated heterocycles. The van der Waals surface area contributed by atoms with Crippen LogP contribution >= 0.6 is 0 Å². The first kappa shape index (κ1) is 14.6. The highest BCUT2D eigenvalue weighted by atomic mass is 16.4. The average molecular weight is 296 g/mol. The van der Waals surface area contributed by atoms with Crippen molar-refractivity contribution < 1.29 is 9.90 Å². The molecule has 1 saturated carbocycles. The van der Waals surface area contributed by atoms with E-state index in [2.05, 4.69) is 6.07 Å². The van der Waals surface area contributed by atoms with Crippen molar-refractivity contribution in [2.45, 2.75) is 45.6 Å². The van der Waals surface area contributed by atoms with Gasteiger partial charge in [-0.2, -0.15) is 5.26 Å². The largest absolute Gasteiger partial charge is 0.465 e. The molecule has 4 nitrogen and oxygen atoms in total. The van der Waals surface area contributed by atoms with Gasteiger partial charge in [0, 0.05) is 22.7 Å². The molecule has 2 aliphatic rings. The number of nitriles is 1. The van der Waals surface area contributed by atoms with Crippen molar-refractivity contribution in [3.63, 3.8) is 0 Å². The zero-order chi connectivity index (χ0) is 16.1. The zero-order valence-electron chi connectivity index (χ0n) is 13.2. The average Bonchev–Trinajstić information content (AvgIpc) is 3.08. The van der Waals surface area contributed by atoms with Crippen molar-refractivity contribution in [2.75, 3.05) is 4.90 Å². The minimum absolute atomic E-state index is 0.145. The first-order valence-corrected chi connectivity index (χ1v) is 7.55. The Labute approximate surface area is 130 Å². The Morgan fingerprint density at radius 1 is 1.41 bits per heavy atom. The second-order valence-electron chi connectivity index (χ2n) is 7.27. The molecular weight excluding hydrogens is 276 g/mol. The van der Waals surface area contributed by atoms with Crippen LogP contribution in [0.1, 0.15) is 44.7 Å². The summed E-state index contributed by atoms with van der Waals surface area (Å²) >= 11 is 0. The molecule has 2 aliphatic carbocycles. The van der Waals surface area contributed by atoms with Crippen molar-refractivity contribution in [2.24, 2.45) is 5.41 Å². The molecule has 1 fully saturated rings.